The van der Waals surface area contributed by atoms with Gasteiger partial charge in [0.1, 0.15) is 17.2 Å². The molecule has 2 aliphatic rings. The first-order chi connectivity index (χ1) is 29.4. The van der Waals surface area contributed by atoms with Gasteiger partial charge in [-0.1, -0.05) is 72.2 Å². The Hall–Kier alpha value is -5.52. The molecule has 1 saturated heterocycles. The van der Waals surface area contributed by atoms with Gasteiger partial charge in [0.25, 0.3) is 0 Å². The number of aromatic nitrogens is 8. The number of carbonyl (C=O) groups is 2. The van der Waals surface area contributed by atoms with Gasteiger partial charge in [-0.05, 0) is 82.3 Å². The van der Waals surface area contributed by atoms with Crippen molar-refractivity contribution in [2.24, 2.45) is 5.73 Å². The van der Waals surface area contributed by atoms with E-state index in [9.17, 15) is 9.59 Å². The third-order valence-electron chi connectivity index (χ3n) is 11.3. The molecule has 2 amide bonds. The minimum atomic E-state index is -0.797. The summed E-state index contributed by atoms with van der Waals surface area (Å²) in [7, 11) is 0. The van der Waals surface area contributed by atoms with Crippen LogP contribution in [0.4, 0.5) is 11.8 Å². The van der Waals surface area contributed by atoms with Gasteiger partial charge in [-0.15, -0.1) is 10.2 Å². The number of hydrogen-bond acceptors (Lipinski definition) is 13. The molecule has 5 aromatic rings. The standard InChI is InChI=1S/C43H61N15O2/c44-38(42(60)47-27-35-31-58(55-53-35)29-32-11-3-1-4-12-32)17-18-40(59)56-25-19-34(20-26-56)49-41-37-15-7-8-16-39(37)50-43(51-41)48-28-36-30-57(54-52-36)24-10-22-45-21-9-23-46-33-13-5-2-6-14-33/h1,3-4,7-8,11-12,15-16,30-31,33-34,38,45-46H,2,5-6,9-10,13-14,17-29,44H2,(H,47,60)(H2,48,49,50,51)/t38-/m0/s1. The summed E-state index contributed by atoms with van der Waals surface area (Å²) in [4.78, 5) is 37.3. The van der Waals surface area contributed by atoms with Crippen LogP contribution < -0.4 is 32.3 Å². The van der Waals surface area contributed by atoms with Crippen molar-refractivity contribution in [1.29, 1.82) is 0 Å². The fraction of sp³-hybridized carbons (Fsp3) is 0.535. The Morgan fingerprint density at radius 2 is 1.52 bits per heavy atom. The highest BCUT2D eigenvalue weighted by atomic mass is 16.2. The van der Waals surface area contributed by atoms with Crippen LogP contribution in [0.3, 0.4) is 0 Å². The number of nitrogens with one attached hydrogen (secondary N) is 5. The zero-order valence-corrected chi connectivity index (χ0v) is 34.6. The highest BCUT2D eigenvalue weighted by Gasteiger charge is 2.25. The van der Waals surface area contributed by atoms with Crippen LogP contribution in [0.15, 0.2) is 67.0 Å². The number of likely N-dealkylation sites (tertiary alicyclic amines) is 1. The van der Waals surface area contributed by atoms with Crippen LogP contribution in [-0.4, -0.2) is 108 Å². The summed E-state index contributed by atoms with van der Waals surface area (Å²) in [6.45, 7) is 6.34. The second kappa shape index (κ2) is 22.2. The average molecular weight is 820 g/mol. The first kappa shape index (κ1) is 42.6. The molecule has 1 aliphatic heterocycles. The fourth-order valence-electron chi connectivity index (χ4n) is 7.89. The van der Waals surface area contributed by atoms with Crippen molar-refractivity contribution in [2.45, 2.75) is 115 Å². The third-order valence-corrected chi connectivity index (χ3v) is 11.3. The van der Waals surface area contributed by atoms with E-state index in [-0.39, 0.29) is 37.2 Å². The number of hydrogen-bond donors (Lipinski definition) is 6. The van der Waals surface area contributed by atoms with Crippen LogP contribution in [0.2, 0.25) is 0 Å². The summed E-state index contributed by atoms with van der Waals surface area (Å²) in [6, 6.07) is 18.0. The molecule has 17 heteroatoms. The predicted octanol–water partition coefficient (Wildman–Crippen LogP) is 3.59. The highest BCUT2D eigenvalue weighted by molar-refractivity contribution is 5.90. The molecule has 3 aromatic heterocycles. The van der Waals surface area contributed by atoms with E-state index in [1.165, 1.54) is 32.1 Å². The molecule has 0 radical (unpaired) electrons. The quantitative estimate of drug-likeness (QED) is 0.0553. The van der Waals surface area contributed by atoms with E-state index in [4.69, 9.17) is 15.7 Å². The molecule has 0 bridgehead atoms. The Labute approximate surface area is 352 Å². The van der Waals surface area contributed by atoms with Gasteiger partial charge in [-0.3, -0.25) is 14.3 Å². The Morgan fingerprint density at radius 3 is 2.35 bits per heavy atom. The van der Waals surface area contributed by atoms with E-state index < -0.39 is 6.04 Å². The van der Waals surface area contributed by atoms with Crippen LogP contribution in [0, 0.1) is 0 Å². The maximum Gasteiger partial charge on any atom is 0.237 e. The van der Waals surface area contributed by atoms with E-state index in [1.807, 2.05) is 70.4 Å². The van der Waals surface area contributed by atoms with Gasteiger partial charge in [-0.25, -0.2) is 9.67 Å². The maximum absolute atomic E-state index is 13.1. The van der Waals surface area contributed by atoms with Gasteiger partial charge >= 0.3 is 0 Å². The molecule has 17 nitrogen and oxygen atoms in total. The van der Waals surface area contributed by atoms with Gasteiger partial charge in [0.15, 0.2) is 0 Å². The number of nitrogens with two attached hydrogens (primary N) is 1. The lowest BCUT2D eigenvalue weighted by Gasteiger charge is -2.33. The minimum Gasteiger partial charge on any atom is -0.367 e. The van der Waals surface area contributed by atoms with Crippen molar-refractivity contribution in [3.63, 3.8) is 0 Å². The third kappa shape index (κ3) is 13.0. The molecule has 0 unspecified atom stereocenters. The summed E-state index contributed by atoms with van der Waals surface area (Å²) in [6.07, 6.45) is 14.7. The van der Waals surface area contributed by atoms with E-state index >= 15 is 0 Å². The molecule has 1 aliphatic carbocycles. The lowest BCUT2D eigenvalue weighted by molar-refractivity contribution is -0.132. The molecule has 60 heavy (non-hydrogen) atoms. The van der Waals surface area contributed by atoms with Crippen LogP contribution >= 0.6 is 0 Å². The van der Waals surface area contributed by atoms with E-state index in [0.717, 1.165) is 85.9 Å². The van der Waals surface area contributed by atoms with E-state index in [0.29, 0.717) is 37.8 Å². The molecular weight excluding hydrogens is 759 g/mol. The number of para-hydroxylation sites is 1. The van der Waals surface area contributed by atoms with E-state index in [2.05, 4.69) is 47.2 Å². The first-order valence-electron chi connectivity index (χ1n) is 21.8. The Morgan fingerprint density at radius 1 is 0.783 bits per heavy atom. The second-order valence-electron chi connectivity index (χ2n) is 16.0. The SMILES string of the molecule is N[C@@H](CCC(=O)N1CCC(Nc2nc(NCc3cn(CCCNCCCNC4CCCCC4)nn3)nc3ccccc23)CC1)C(=O)NCc1cn(Cc2ccccc2)nn1. The molecule has 1 saturated carbocycles. The van der Waals surface area contributed by atoms with Gasteiger partial charge in [0.2, 0.25) is 17.8 Å². The van der Waals surface area contributed by atoms with E-state index in [1.54, 1.807) is 10.9 Å². The van der Waals surface area contributed by atoms with Gasteiger partial charge in [0.05, 0.1) is 43.6 Å². The number of rotatable bonds is 22. The summed E-state index contributed by atoms with van der Waals surface area (Å²) in [5.41, 5.74) is 9.58. The van der Waals surface area contributed by atoms with Crippen LogP contribution in [-0.2, 0) is 35.8 Å². The number of benzene rings is 2. The Kier molecular flexibility index (Phi) is 15.8. The number of carbonyl (C=O) groups excluding carboxylic acids is 2. The number of fused-ring (bicyclic) bond motifs is 1. The monoisotopic (exact) mass is 820 g/mol. The first-order valence-corrected chi connectivity index (χ1v) is 21.8. The van der Waals surface area contributed by atoms with Crippen molar-refractivity contribution in [3.8, 4) is 0 Å². The van der Waals surface area contributed by atoms with Crippen molar-refractivity contribution < 1.29 is 9.59 Å². The average Bonchev–Trinajstić information content (AvgIpc) is 3.95. The smallest absolute Gasteiger partial charge is 0.237 e. The molecule has 4 heterocycles. The summed E-state index contributed by atoms with van der Waals surface area (Å²) in [5, 5.41) is 35.0. The largest absolute Gasteiger partial charge is 0.367 e. The normalized spacial score (nSPS) is 15.6. The zero-order valence-electron chi connectivity index (χ0n) is 34.6. The topological polar surface area (TPSA) is 211 Å². The van der Waals surface area contributed by atoms with Crippen LogP contribution in [0.5, 0.6) is 0 Å². The van der Waals surface area contributed by atoms with Gasteiger partial charge in [0, 0.05) is 43.5 Å². The predicted molar refractivity (Wildman–Crippen MR) is 232 cm³/mol. The minimum absolute atomic E-state index is 0.00105. The molecule has 7 rings (SSSR count). The van der Waals surface area contributed by atoms with Crippen molar-refractivity contribution in [2.75, 3.05) is 43.4 Å². The van der Waals surface area contributed by atoms with Gasteiger partial charge < -0.3 is 37.2 Å². The molecule has 320 valence electrons. The maximum atomic E-state index is 13.1. The van der Waals surface area contributed by atoms with Crippen molar-refractivity contribution in [1.82, 2.24) is 60.8 Å². The second-order valence-corrected chi connectivity index (χ2v) is 16.0. The van der Waals surface area contributed by atoms with Crippen molar-refractivity contribution in [3.05, 3.63) is 83.9 Å². The number of piperidine rings is 1. The van der Waals surface area contributed by atoms with Crippen molar-refractivity contribution >= 4 is 34.5 Å². The molecule has 7 N–H and O–H groups in total. The molecule has 2 aromatic carbocycles. The number of nitrogens with zero attached hydrogens (tertiary/aromatic N) is 9. The zero-order chi connectivity index (χ0) is 41.4. The van der Waals surface area contributed by atoms with Crippen LogP contribution in [0.1, 0.15) is 87.6 Å². The fourth-order valence-corrected chi connectivity index (χ4v) is 7.89. The molecule has 2 fully saturated rings. The highest BCUT2D eigenvalue weighted by Crippen LogP contribution is 2.25. The Bertz CT molecular complexity index is 2070. The molecule has 0 spiro atoms. The number of amides is 2. The van der Waals surface area contributed by atoms with Crippen LogP contribution in [0.25, 0.3) is 10.9 Å². The lowest BCUT2D eigenvalue weighted by atomic mass is 9.95. The summed E-state index contributed by atoms with van der Waals surface area (Å²) >= 11 is 0. The number of anilines is 2. The number of aryl methyl sites for hydroxylation is 1. The summed E-state index contributed by atoms with van der Waals surface area (Å²) < 4.78 is 3.62. The molecular formula is C43H61N15O2. The lowest BCUT2D eigenvalue weighted by Crippen LogP contribution is -2.44. The summed E-state index contributed by atoms with van der Waals surface area (Å²) in [5.74, 6) is 0.948. The Balaban J connectivity index is 0.794. The van der Waals surface area contributed by atoms with Gasteiger partial charge in [-0.2, -0.15) is 4.98 Å². The molecule has 1 atom stereocenters.